The van der Waals surface area contributed by atoms with Gasteiger partial charge in [-0.25, -0.2) is 0 Å². The van der Waals surface area contributed by atoms with Crippen molar-refractivity contribution in [2.75, 3.05) is 32.8 Å². The third kappa shape index (κ3) is 3.51. The molecule has 1 aliphatic heterocycles. The van der Waals surface area contributed by atoms with Crippen LogP contribution in [-0.4, -0.2) is 53.6 Å². The quantitative estimate of drug-likeness (QED) is 0.909. The summed E-state index contributed by atoms with van der Waals surface area (Å²) >= 11 is 5.20. The van der Waals surface area contributed by atoms with Crippen molar-refractivity contribution in [3.8, 4) is 0 Å². The Kier molecular flexibility index (Phi) is 4.55. The summed E-state index contributed by atoms with van der Waals surface area (Å²) in [7, 11) is 0. The number of piperazine rings is 1. The number of amides is 1. The van der Waals surface area contributed by atoms with Crippen molar-refractivity contribution >= 4 is 33.2 Å². The van der Waals surface area contributed by atoms with Gasteiger partial charge in [-0.3, -0.25) is 9.69 Å². The van der Waals surface area contributed by atoms with E-state index in [0.717, 1.165) is 23.4 Å². The minimum absolute atomic E-state index is 0.163. The van der Waals surface area contributed by atoms with Crippen LogP contribution in [0.25, 0.3) is 0 Å². The van der Waals surface area contributed by atoms with Crippen molar-refractivity contribution in [3.63, 3.8) is 0 Å². The fourth-order valence-electron chi connectivity index (χ4n) is 1.91. The Morgan fingerprint density at radius 3 is 2.59 bits per heavy atom. The molecule has 1 aromatic rings. The molecule has 0 atom stereocenters. The van der Waals surface area contributed by atoms with Gasteiger partial charge in [-0.15, -0.1) is 11.3 Å². The average Bonchev–Trinajstić information content (AvgIpc) is 2.75. The average molecular weight is 319 g/mol. The topological polar surface area (TPSA) is 43.8 Å². The number of halogens is 1. The molecule has 2 rings (SSSR count). The van der Waals surface area contributed by atoms with Crippen LogP contribution < -0.4 is 0 Å². The van der Waals surface area contributed by atoms with Gasteiger partial charge in [0.25, 0.3) is 0 Å². The van der Waals surface area contributed by atoms with Crippen LogP contribution in [0.4, 0.5) is 0 Å². The van der Waals surface area contributed by atoms with Crippen molar-refractivity contribution < 1.29 is 9.90 Å². The fraction of sp³-hybridized carbons (Fsp3) is 0.545. The van der Waals surface area contributed by atoms with Crippen LogP contribution >= 0.6 is 27.3 Å². The maximum Gasteiger partial charge on any atom is 0.248 e. The first-order chi connectivity index (χ1) is 8.19. The lowest BCUT2D eigenvalue weighted by atomic mass is 10.3. The Labute approximate surface area is 113 Å². The van der Waals surface area contributed by atoms with Gasteiger partial charge in [0.05, 0.1) is 3.79 Å². The van der Waals surface area contributed by atoms with Crippen LogP contribution in [0.1, 0.15) is 4.88 Å². The monoisotopic (exact) mass is 318 g/mol. The zero-order valence-corrected chi connectivity index (χ0v) is 11.8. The first kappa shape index (κ1) is 13.0. The highest BCUT2D eigenvalue weighted by atomic mass is 79.9. The predicted octanol–water partition coefficient (Wildman–Crippen LogP) is 1.15. The third-order valence-electron chi connectivity index (χ3n) is 2.87. The second-order valence-electron chi connectivity index (χ2n) is 4.02. The maximum atomic E-state index is 11.3. The number of rotatable bonds is 3. The molecule has 0 aliphatic carbocycles. The predicted molar refractivity (Wildman–Crippen MR) is 71.0 cm³/mol. The first-order valence-electron chi connectivity index (χ1n) is 5.54. The summed E-state index contributed by atoms with van der Waals surface area (Å²) in [6.45, 7) is 3.75. The van der Waals surface area contributed by atoms with E-state index < -0.39 is 0 Å². The van der Waals surface area contributed by atoms with E-state index >= 15 is 0 Å². The molecule has 2 heterocycles. The molecule has 0 radical (unpaired) electrons. The molecule has 0 aromatic carbocycles. The van der Waals surface area contributed by atoms with E-state index in [1.165, 1.54) is 4.88 Å². The number of carbonyl (C=O) groups is 1. The van der Waals surface area contributed by atoms with E-state index in [4.69, 9.17) is 5.11 Å². The standard InChI is InChI=1S/C11H15BrN2O2S/c12-10-2-1-9(17-10)7-13-3-5-14(6-4-13)11(16)8-15/h1-2,15H,3-8H2. The number of thiophene rings is 1. The molecule has 0 spiro atoms. The van der Waals surface area contributed by atoms with Gasteiger partial charge >= 0.3 is 0 Å². The van der Waals surface area contributed by atoms with Gasteiger partial charge in [0.15, 0.2) is 0 Å². The third-order valence-corrected chi connectivity index (χ3v) is 4.48. The van der Waals surface area contributed by atoms with E-state index in [0.29, 0.717) is 13.1 Å². The molecule has 1 N–H and O–H groups in total. The molecule has 0 saturated carbocycles. The van der Waals surface area contributed by atoms with Gasteiger partial charge in [0, 0.05) is 37.6 Å². The Balaban J connectivity index is 1.81. The van der Waals surface area contributed by atoms with Crippen LogP contribution in [0.15, 0.2) is 15.9 Å². The Bertz CT molecular complexity index is 389. The van der Waals surface area contributed by atoms with E-state index in [1.54, 1.807) is 16.2 Å². The number of hydrogen-bond acceptors (Lipinski definition) is 4. The largest absolute Gasteiger partial charge is 0.387 e. The van der Waals surface area contributed by atoms with Crippen molar-refractivity contribution in [1.82, 2.24) is 9.80 Å². The van der Waals surface area contributed by atoms with Crippen LogP contribution in [0.5, 0.6) is 0 Å². The smallest absolute Gasteiger partial charge is 0.248 e. The van der Waals surface area contributed by atoms with Gasteiger partial charge < -0.3 is 10.0 Å². The molecule has 0 unspecified atom stereocenters. The Hall–Kier alpha value is -0.430. The molecule has 94 valence electrons. The minimum atomic E-state index is -0.377. The lowest BCUT2D eigenvalue weighted by molar-refractivity contribution is -0.135. The van der Waals surface area contributed by atoms with Crippen LogP contribution in [0.2, 0.25) is 0 Å². The summed E-state index contributed by atoms with van der Waals surface area (Å²) in [5.74, 6) is -0.163. The van der Waals surface area contributed by atoms with Crippen LogP contribution in [0, 0.1) is 0 Å². The molecule has 4 nitrogen and oxygen atoms in total. The number of aliphatic hydroxyl groups excluding tert-OH is 1. The van der Waals surface area contributed by atoms with Crippen molar-refractivity contribution in [3.05, 3.63) is 20.8 Å². The number of hydrogen-bond donors (Lipinski definition) is 1. The molecule has 0 bridgehead atoms. The number of aliphatic hydroxyl groups is 1. The highest BCUT2D eigenvalue weighted by Gasteiger charge is 2.20. The highest BCUT2D eigenvalue weighted by molar-refractivity contribution is 9.11. The second-order valence-corrected chi connectivity index (χ2v) is 6.57. The fourth-order valence-corrected chi connectivity index (χ4v) is 3.44. The number of carbonyl (C=O) groups excluding carboxylic acids is 1. The molecule has 6 heteroatoms. The summed E-state index contributed by atoms with van der Waals surface area (Å²) < 4.78 is 1.15. The van der Waals surface area contributed by atoms with E-state index in [9.17, 15) is 4.79 Å². The van der Waals surface area contributed by atoms with Crippen LogP contribution in [0.3, 0.4) is 0 Å². The molecule has 1 fully saturated rings. The van der Waals surface area contributed by atoms with Crippen LogP contribution in [-0.2, 0) is 11.3 Å². The summed E-state index contributed by atoms with van der Waals surface area (Å²) in [5.41, 5.74) is 0. The van der Waals surface area contributed by atoms with E-state index in [-0.39, 0.29) is 12.5 Å². The van der Waals surface area contributed by atoms with Crippen molar-refractivity contribution in [1.29, 1.82) is 0 Å². The molecule has 1 aromatic heterocycles. The second kappa shape index (κ2) is 5.95. The lowest BCUT2D eigenvalue weighted by Gasteiger charge is -2.34. The van der Waals surface area contributed by atoms with Gasteiger partial charge in [0.2, 0.25) is 5.91 Å². The summed E-state index contributed by atoms with van der Waals surface area (Å²) in [6, 6.07) is 4.19. The van der Waals surface area contributed by atoms with Gasteiger partial charge in [-0.2, -0.15) is 0 Å². The first-order valence-corrected chi connectivity index (χ1v) is 7.15. The summed E-state index contributed by atoms with van der Waals surface area (Å²) in [4.78, 5) is 16.7. The Morgan fingerprint density at radius 2 is 2.06 bits per heavy atom. The maximum absolute atomic E-state index is 11.3. The van der Waals surface area contributed by atoms with E-state index in [1.807, 2.05) is 0 Å². The van der Waals surface area contributed by atoms with E-state index in [2.05, 4.69) is 33.0 Å². The molecule has 1 aliphatic rings. The van der Waals surface area contributed by atoms with Gasteiger partial charge in [0.1, 0.15) is 6.61 Å². The normalized spacial score (nSPS) is 17.4. The minimum Gasteiger partial charge on any atom is -0.387 e. The Morgan fingerprint density at radius 1 is 1.35 bits per heavy atom. The highest BCUT2D eigenvalue weighted by Crippen LogP contribution is 2.23. The molecular formula is C11H15BrN2O2S. The van der Waals surface area contributed by atoms with Crippen molar-refractivity contribution in [2.45, 2.75) is 6.54 Å². The van der Waals surface area contributed by atoms with Gasteiger partial charge in [-0.05, 0) is 28.1 Å². The number of nitrogens with zero attached hydrogens (tertiary/aromatic N) is 2. The molecule has 17 heavy (non-hydrogen) atoms. The van der Waals surface area contributed by atoms with Crippen molar-refractivity contribution in [2.24, 2.45) is 0 Å². The summed E-state index contributed by atoms with van der Waals surface area (Å²) in [5, 5.41) is 8.78. The zero-order valence-electron chi connectivity index (χ0n) is 9.43. The van der Waals surface area contributed by atoms with Gasteiger partial charge in [-0.1, -0.05) is 0 Å². The molecule has 1 saturated heterocycles. The lowest BCUT2D eigenvalue weighted by Crippen LogP contribution is -2.49. The molecular weight excluding hydrogens is 304 g/mol. The zero-order chi connectivity index (χ0) is 12.3. The SMILES string of the molecule is O=C(CO)N1CCN(Cc2ccc(Br)s2)CC1. The molecule has 1 amide bonds. The summed E-state index contributed by atoms with van der Waals surface area (Å²) in [6.07, 6.45) is 0.